The van der Waals surface area contributed by atoms with Crippen LogP contribution in [0.25, 0.3) is 0 Å². The van der Waals surface area contributed by atoms with Gasteiger partial charge in [0.25, 0.3) is 0 Å². The van der Waals surface area contributed by atoms with Crippen molar-refractivity contribution in [3.63, 3.8) is 0 Å². The van der Waals surface area contributed by atoms with E-state index in [2.05, 4.69) is 17.9 Å². The summed E-state index contributed by atoms with van der Waals surface area (Å²) in [6.45, 7) is 2.13. The fourth-order valence-electron chi connectivity index (χ4n) is 3.05. The maximum Gasteiger partial charge on any atom is 0.412 e. The van der Waals surface area contributed by atoms with Gasteiger partial charge in [0.15, 0.2) is 0 Å². The first-order chi connectivity index (χ1) is 10.0. The fourth-order valence-corrected chi connectivity index (χ4v) is 3.05. The lowest BCUT2D eigenvalue weighted by atomic mass is 9.93. The molecule has 0 aromatic heterocycles. The van der Waals surface area contributed by atoms with Crippen LogP contribution in [0.3, 0.4) is 0 Å². The van der Waals surface area contributed by atoms with Gasteiger partial charge in [-0.3, -0.25) is 4.90 Å². The third-order valence-corrected chi connectivity index (χ3v) is 4.55. The van der Waals surface area contributed by atoms with E-state index in [9.17, 15) is 9.90 Å². The molecule has 1 fully saturated rings. The molecule has 4 heteroatoms. The second-order valence-electron chi connectivity index (χ2n) is 6.18. The number of amides is 1. The molecule has 1 saturated carbocycles. The molecule has 1 N–H and O–H groups in total. The van der Waals surface area contributed by atoms with E-state index in [0.29, 0.717) is 0 Å². The number of nitrogens with zero attached hydrogens (tertiary/aromatic N) is 2. The van der Waals surface area contributed by atoms with Gasteiger partial charge in [-0.05, 0) is 51.6 Å². The minimum atomic E-state index is -0.837. The fraction of sp³-hybridized carbons (Fsp3) is 0.588. The van der Waals surface area contributed by atoms with E-state index in [0.717, 1.165) is 36.9 Å². The third kappa shape index (κ3) is 3.76. The van der Waals surface area contributed by atoms with Gasteiger partial charge in [-0.2, -0.15) is 0 Å². The highest BCUT2D eigenvalue weighted by atomic mass is 16.4. The van der Waals surface area contributed by atoms with Crippen LogP contribution in [-0.4, -0.2) is 36.2 Å². The zero-order valence-corrected chi connectivity index (χ0v) is 13.2. The maximum atomic E-state index is 11.7. The molecular formula is C17H26N2O2. The number of hydrogen-bond acceptors (Lipinski definition) is 2. The van der Waals surface area contributed by atoms with Gasteiger partial charge in [0.2, 0.25) is 0 Å². The highest BCUT2D eigenvalue weighted by Crippen LogP contribution is 2.29. The number of anilines is 1. The maximum absolute atomic E-state index is 11.7. The topological polar surface area (TPSA) is 43.8 Å². The van der Waals surface area contributed by atoms with Crippen molar-refractivity contribution in [3.05, 3.63) is 29.8 Å². The van der Waals surface area contributed by atoms with Crippen LogP contribution >= 0.6 is 0 Å². The summed E-state index contributed by atoms with van der Waals surface area (Å²) < 4.78 is 0. The van der Waals surface area contributed by atoms with Crippen molar-refractivity contribution < 1.29 is 9.90 Å². The summed E-state index contributed by atoms with van der Waals surface area (Å²) in [7, 11) is 4.07. The molecule has 0 saturated heterocycles. The Morgan fingerprint density at radius 1 is 1.24 bits per heavy atom. The molecule has 1 unspecified atom stereocenters. The molecule has 1 aliphatic carbocycles. The van der Waals surface area contributed by atoms with Crippen molar-refractivity contribution in [2.75, 3.05) is 19.0 Å². The predicted molar refractivity (Wildman–Crippen MR) is 85.9 cm³/mol. The highest BCUT2D eigenvalue weighted by molar-refractivity contribution is 5.86. The number of rotatable bonds is 4. The summed E-state index contributed by atoms with van der Waals surface area (Å²) in [5.41, 5.74) is 1.96. The summed E-state index contributed by atoms with van der Waals surface area (Å²) in [6.07, 6.45) is 4.59. The lowest BCUT2D eigenvalue weighted by molar-refractivity contribution is 0.196. The lowest BCUT2D eigenvalue weighted by Gasteiger charge is -2.33. The number of carboxylic acid groups (broad SMARTS) is 1. The Morgan fingerprint density at radius 3 is 2.48 bits per heavy atom. The lowest BCUT2D eigenvalue weighted by Crippen LogP contribution is -2.40. The van der Waals surface area contributed by atoms with Crippen LogP contribution in [0.4, 0.5) is 10.5 Å². The van der Waals surface area contributed by atoms with Crippen molar-refractivity contribution in [1.29, 1.82) is 0 Å². The molecule has 1 aromatic carbocycles. The zero-order valence-electron chi connectivity index (χ0n) is 13.2. The first kappa shape index (κ1) is 15.8. The van der Waals surface area contributed by atoms with E-state index in [1.165, 1.54) is 6.42 Å². The van der Waals surface area contributed by atoms with Crippen molar-refractivity contribution in [2.45, 2.75) is 51.1 Å². The van der Waals surface area contributed by atoms with Crippen LogP contribution in [0.5, 0.6) is 0 Å². The van der Waals surface area contributed by atoms with E-state index in [4.69, 9.17) is 0 Å². The normalized spacial score (nSPS) is 17.7. The van der Waals surface area contributed by atoms with Gasteiger partial charge in [0, 0.05) is 17.8 Å². The Balaban J connectivity index is 2.28. The first-order valence-corrected chi connectivity index (χ1v) is 7.79. The van der Waals surface area contributed by atoms with Crippen LogP contribution in [0.1, 0.15) is 50.6 Å². The van der Waals surface area contributed by atoms with Crippen molar-refractivity contribution in [2.24, 2.45) is 0 Å². The monoisotopic (exact) mass is 290 g/mol. The number of hydrogen-bond donors (Lipinski definition) is 1. The molecule has 0 aliphatic heterocycles. The largest absolute Gasteiger partial charge is 0.465 e. The average molecular weight is 290 g/mol. The molecule has 2 rings (SSSR count). The van der Waals surface area contributed by atoms with Crippen molar-refractivity contribution in [3.8, 4) is 0 Å². The molecule has 0 bridgehead atoms. The van der Waals surface area contributed by atoms with E-state index >= 15 is 0 Å². The average Bonchev–Trinajstić information content (AvgIpc) is 2.47. The van der Waals surface area contributed by atoms with E-state index in [-0.39, 0.29) is 12.1 Å². The van der Waals surface area contributed by atoms with E-state index in [1.54, 1.807) is 4.90 Å². The molecule has 1 aromatic rings. The molecule has 4 nitrogen and oxygen atoms in total. The van der Waals surface area contributed by atoms with Crippen molar-refractivity contribution >= 4 is 11.8 Å². The first-order valence-electron chi connectivity index (χ1n) is 7.79. The Morgan fingerprint density at radius 2 is 1.90 bits per heavy atom. The second-order valence-corrected chi connectivity index (χ2v) is 6.18. The molecule has 0 radical (unpaired) electrons. The van der Waals surface area contributed by atoms with Crippen molar-refractivity contribution in [1.82, 2.24) is 4.90 Å². The highest BCUT2D eigenvalue weighted by Gasteiger charge is 2.26. The Labute approximate surface area is 127 Å². The SMILES string of the molecule is CC(c1cccc(N(C(=O)O)C2CCCCC2)c1)N(C)C. The van der Waals surface area contributed by atoms with Crippen LogP contribution in [0.2, 0.25) is 0 Å². The van der Waals surface area contributed by atoms with Gasteiger partial charge in [0.1, 0.15) is 0 Å². The van der Waals surface area contributed by atoms with E-state index in [1.807, 2.05) is 32.3 Å². The molecule has 1 amide bonds. The minimum absolute atomic E-state index is 0.126. The predicted octanol–water partition coefficient (Wildman–Crippen LogP) is 4.13. The molecule has 116 valence electrons. The summed E-state index contributed by atoms with van der Waals surface area (Å²) >= 11 is 0. The van der Waals surface area contributed by atoms with Crippen LogP contribution < -0.4 is 4.90 Å². The molecule has 0 heterocycles. The summed E-state index contributed by atoms with van der Waals surface area (Å²) in [5.74, 6) is 0. The van der Waals surface area contributed by atoms with Gasteiger partial charge in [-0.1, -0.05) is 31.4 Å². The zero-order chi connectivity index (χ0) is 15.4. The van der Waals surface area contributed by atoms with Crippen LogP contribution in [0, 0.1) is 0 Å². The van der Waals surface area contributed by atoms with Crippen LogP contribution in [-0.2, 0) is 0 Å². The van der Waals surface area contributed by atoms with Gasteiger partial charge in [-0.15, -0.1) is 0 Å². The smallest absolute Gasteiger partial charge is 0.412 e. The molecule has 1 atom stereocenters. The van der Waals surface area contributed by atoms with Gasteiger partial charge in [0.05, 0.1) is 0 Å². The van der Waals surface area contributed by atoms with E-state index < -0.39 is 6.09 Å². The quantitative estimate of drug-likeness (QED) is 0.907. The standard InChI is InChI=1S/C17H26N2O2/c1-13(18(2)3)14-8-7-11-16(12-14)19(17(20)21)15-9-5-4-6-10-15/h7-8,11-13,15H,4-6,9-10H2,1-3H3,(H,20,21). The Bertz CT molecular complexity index is 481. The van der Waals surface area contributed by atoms with Crippen LogP contribution in [0.15, 0.2) is 24.3 Å². The number of benzene rings is 1. The number of carbonyl (C=O) groups is 1. The summed E-state index contributed by atoms with van der Waals surface area (Å²) in [5, 5.41) is 9.63. The van der Waals surface area contributed by atoms with Gasteiger partial charge >= 0.3 is 6.09 Å². The third-order valence-electron chi connectivity index (χ3n) is 4.55. The molecule has 1 aliphatic rings. The minimum Gasteiger partial charge on any atom is -0.465 e. The van der Waals surface area contributed by atoms with Gasteiger partial charge < -0.3 is 10.0 Å². The Hall–Kier alpha value is -1.55. The summed E-state index contributed by atoms with van der Waals surface area (Å²) in [4.78, 5) is 15.4. The molecular weight excluding hydrogens is 264 g/mol. The Kier molecular flexibility index (Phi) is 5.23. The summed E-state index contributed by atoms with van der Waals surface area (Å²) in [6, 6.07) is 8.36. The van der Waals surface area contributed by atoms with Gasteiger partial charge in [-0.25, -0.2) is 4.79 Å². The second kappa shape index (κ2) is 6.94. The molecule has 21 heavy (non-hydrogen) atoms. The molecule has 0 spiro atoms.